The van der Waals surface area contributed by atoms with E-state index < -0.39 is 5.41 Å². The minimum atomic E-state index is -0.536. The molecule has 2 N–H and O–H groups in total. The van der Waals surface area contributed by atoms with Gasteiger partial charge >= 0.3 is 0 Å². The number of aryl methyl sites for hydroxylation is 1. The lowest BCUT2D eigenvalue weighted by Gasteiger charge is -2.36. The highest BCUT2D eigenvalue weighted by atomic mass is 16.2. The van der Waals surface area contributed by atoms with Gasteiger partial charge in [0, 0.05) is 0 Å². The smallest absolute Gasteiger partial charge is 0.270 e. The van der Waals surface area contributed by atoms with E-state index in [1.807, 2.05) is 30.3 Å². The highest BCUT2D eigenvalue weighted by molar-refractivity contribution is 5.98. The summed E-state index contributed by atoms with van der Waals surface area (Å²) in [5, 5.41) is 17.7. The molecule has 7 heteroatoms. The first-order chi connectivity index (χ1) is 10.2. The van der Waals surface area contributed by atoms with Crippen molar-refractivity contribution in [1.29, 1.82) is 0 Å². The molecule has 7 nitrogen and oxygen atoms in total. The molecule has 1 aliphatic rings. The monoisotopic (exact) mass is 286 g/mol. The third kappa shape index (κ3) is 2.64. The van der Waals surface area contributed by atoms with Crippen LogP contribution in [0.15, 0.2) is 30.3 Å². The molecule has 3 rings (SSSR count). The van der Waals surface area contributed by atoms with E-state index in [0.717, 1.165) is 31.5 Å². The fourth-order valence-corrected chi connectivity index (χ4v) is 2.81. The maximum absolute atomic E-state index is 12.8. The maximum Gasteiger partial charge on any atom is 0.270 e. The van der Waals surface area contributed by atoms with Crippen molar-refractivity contribution in [2.45, 2.75) is 18.3 Å². The van der Waals surface area contributed by atoms with Crippen LogP contribution in [0.3, 0.4) is 0 Å². The number of anilines is 1. The molecule has 0 saturated carbocycles. The molecule has 1 aromatic heterocycles. The van der Waals surface area contributed by atoms with Crippen molar-refractivity contribution in [3.8, 4) is 0 Å². The van der Waals surface area contributed by atoms with Gasteiger partial charge < -0.3 is 5.32 Å². The fraction of sp³-hybridized carbons (Fsp3) is 0.429. The first kappa shape index (κ1) is 13.7. The van der Waals surface area contributed by atoms with Crippen molar-refractivity contribution in [2.75, 3.05) is 18.4 Å². The van der Waals surface area contributed by atoms with Crippen LogP contribution in [0.5, 0.6) is 0 Å². The van der Waals surface area contributed by atoms with Gasteiger partial charge in [-0.1, -0.05) is 35.4 Å². The zero-order chi connectivity index (χ0) is 14.7. The summed E-state index contributed by atoms with van der Waals surface area (Å²) in [6, 6.07) is 9.91. The summed E-state index contributed by atoms with van der Waals surface area (Å²) in [4.78, 5) is 14.2. The SMILES string of the molecule is Cn1nnc(NC(=O)C2(c3ccccc3)CCNCC2)n1. The molecule has 0 radical (unpaired) electrons. The molecule has 2 heterocycles. The van der Waals surface area contributed by atoms with Crippen molar-refractivity contribution >= 4 is 11.9 Å². The molecule has 21 heavy (non-hydrogen) atoms. The Morgan fingerprint density at radius 1 is 1.29 bits per heavy atom. The third-order valence-electron chi connectivity index (χ3n) is 3.95. The molecule has 0 bridgehead atoms. The summed E-state index contributed by atoms with van der Waals surface area (Å²) < 4.78 is 0. The Morgan fingerprint density at radius 3 is 2.62 bits per heavy atom. The lowest BCUT2D eigenvalue weighted by atomic mass is 9.72. The molecule has 1 amide bonds. The van der Waals surface area contributed by atoms with Gasteiger partial charge in [-0.2, -0.15) is 4.80 Å². The normalized spacial score (nSPS) is 17.4. The van der Waals surface area contributed by atoms with Crippen molar-refractivity contribution < 1.29 is 4.79 Å². The van der Waals surface area contributed by atoms with Gasteiger partial charge in [0.1, 0.15) is 0 Å². The number of rotatable bonds is 3. The summed E-state index contributed by atoms with van der Waals surface area (Å²) in [6.45, 7) is 1.63. The first-order valence-electron chi connectivity index (χ1n) is 7.02. The van der Waals surface area contributed by atoms with E-state index in [2.05, 4.69) is 26.0 Å². The Kier molecular flexibility index (Phi) is 3.66. The van der Waals surface area contributed by atoms with Gasteiger partial charge in [0.2, 0.25) is 5.91 Å². The largest absolute Gasteiger partial charge is 0.317 e. The van der Waals surface area contributed by atoms with Crippen LogP contribution >= 0.6 is 0 Å². The first-order valence-corrected chi connectivity index (χ1v) is 7.02. The molecule has 0 atom stereocenters. The number of amides is 1. The number of hydrogen-bond acceptors (Lipinski definition) is 5. The number of nitrogens with zero attached hydrogens (tertiary/aromatic N) is 4. The molecule has 0 aliphatic carbocycles. The summed E-state index contributed by atoms with van der Waals surface area (Å²) in [6.07, 6.45) is 1.51. The van der Waals surface area contributed by atoms with E-state index in [9.17, 15) is 4.79 Å². The van der Waals surface area contributed by atoms with Crippen molar-refractivity contribution in [2.24, 2.45) is 7.05 Å². The highest BCUT2D eigenvalue weighted by Gasteiger charge is 2.41. The molecular weight excluding hydrogens is 268 g/mol. The zero-order valence-electron chi connectivity index (χ0n) is 11.9. The maximum atomic E-state index is 12.8. The minimum absolute atomic E-state index is 0.0665. The van der Waals surface area contributed by atoms with Gasteiger partial charge in [-0.25, -0.2) is 0 Å². The second kappa shape index (κ2) is 5.61. The van der Waals surface area contributed by atoms with Crippen molar-refractivity contribution in [3.05, 3.63) is 35.9 Å². The quantitative estimate of drug-likeness (QED) is 0.857. The average molecular weight is 286 g/mol. The van der Waals surface area contributed by atoms with E-state index in [4.69, 9.17) is 0 Å². The van der Waals surface area contributed by atoms with Crippen LogP contribution in [0, 0.1) is 0 Å². The zero-order valence-corrected chi connectivity index (χ0v) is 11.9. The Balaban J connectivity index is 1.90. The van der Waals surface area contributed by atoms with Gasteiger partial charge in [0.05, 0.1) is 12.5 Å². The van der Waals surface area contributed by atoms with Crippen LogP contribution in [0.25, 0.3) is 0 Å². The van der Waals surface area contributed by atoms with Gasteiger partial charge in [-0.05, 0) is 36.7 Å². The molecule has 1 aromatic carbocycles. The second-order valence-electron chi connectivity index (χ2n) is 5.25. The summed E-state index contributed by atoms with van der Waals surface area (Å²) in [5.41, 5.74) is 0.499. The molecule has 1 fully saturated rings. The van der Waals surface area contributed by atoms with E-state index in [-0.39, 0.29) is 11.9 Å². The molecule has 1 aliphatic heterocycles. The van der Waals surface area contributed by atoms with Gasteiger partial charge in [0.25, 0.3) is 5.95 Å². The average Bonchev–Trinajstić information content (AvgIpc) is 2.94. The molecule has 110 valence electrons. The van der Waals surface area contributed by atoms with Crippen LogP contribution in [0.1, 0.15) is 18.4 Å². The van der Waals surface area contributed by atoms with E-state index in [0.29, 0.717) is 0 Å². The Morgan fingerprint density at radius 2 is 2.00 bits per heavy atom. The fourth-order valence-electron chi connectivity index (χ4n) is 2.81. The van der Waals surface area contributed by atoms with Gasteiger partial charge in [-0.3, -0.25) is 10.1 Å². The minimum Gasteiger partial charge on any atom is -0.317 e. The lowest BCUT2D eigenvalue weighted by Crippen LogP contribution is -2.48. The van der Waals surface area contributed by atoms with Gasteiger partial charge in [0.15, 0.2) is 0 Å². The molecule has 0 unspecified atom stereocenters. The van der Waals surface area contributed by atoms with Crippen LogP contribution in [0.4, 0.5) is 5.95 Å². The van der Waals surface area contributed by atoms with Crippen molar-refractivity contribution in [3.63, 3.8) is 0 Å². The third-order valence-corrected chi connectivity index (χ3v) is 3.95. The predicted molar refractivity (Wildman–Crippen MR) is 77.7 cm³/mol. The Bertz CT molecular complexity index is 617. The number of piperidine rings is 1. The number of hydrogen-bond donors (Lipinski definition) is 2. The number of carbonyl (C=O) groups excluding carboxylic acids is 1. The predicted octanol–water partition coefficient (Wildman–Crippen LogP) is 0.470. The summed E-state index contributed by atoms with van der Waals surface area (Å²) in [5.74, 6) is 0.180. The highest BCUT2D eigenvalue weighted by Crippen LogP contribution is 2.34. The van der Waals surface area contributed by atoms with E-state index in [1.165, 1.54) is 4.80 Å². The topological polar surface area (TPSA) is 84.7 Å². The number of benzene rings is 1. The van der Waals surface area contributed by atoms with Crippen LogP contribution in [-0.4, -0.2) is 39.2 Å². The summed E-state index contributed by atoms with van der Waals surface area (Å²) in [7, 11) is 1.67. The summed E-state index contributed by atoms with van der Waals surface area (Å²) >= 11 is 0. The van der Waals surface area contributed by atoms with Crippen LogP contribution < -0.4 is 10.6 Å². The lowest BCUT2D eigenvalue weighted by molar-refractivity contribution is -0.122. The van der Waals surface area contributed by atoms with E-state index >= 15 is 0 Å². The second-order valence-corrected chi connectivity index (χ2v) is 5.25. The molecule has 1 saturated heterocycles. The number of aromatic nitrogens is 4. The number of carbonyl (C=O) groups is 1. The standard InChI is InChI=1S/C14H18N6O/c1-20-18-13(17-19-20)16-12(21)14(7-9-15-10-8-14)11-5-3-2-4-6-11/h2-6,15H,7-10H2,1H3,(H,16,18,21). The Labute approximate surface area is 122 Å². The molecular formula is C14H18N6O. The molecule has 0 spiro atoms. The van der Waals surface area contributed by atoms with Crippen LogP contribution in [0.2, 0.25) is 0 Å². The number of nitrogens with one attached hydrogen (secondary N) is 2. The van der Waals surface area contributed by atoms with Crippen LogP contribution in [-0.2, 0) is 17.3 Å². The molecule has 2 aromatic rings. The number of tetrazole rings is 1. The van der Waals surface area contributed by atoms with Crippen molar-refractivity contribution in [1.82, 2.24) is 25.5 Å². The van der Waals surface area contributed by atoms with Gasteiger partial charge in [-0.15, -0.1) is 5.10 Å². The van der Waals surface area contributed by atoms with E-state index in [1.54, 1.807) is 7.05 Å². The Hall–Kier alpha value is -2.28.